The molecule has 0 aliphatic rings. The summed E-state index contributed by atoms with van der Waals surface area (Å²) in [7, 11) is 0. The highest BCUT2D eigenvalue weighted by molar-refractivity contribution is 5.22. The number of halogens is 1. The predicted molar refractivity (Wildman–Crippen MR) is 38.2 cm³/mol. The summed E-state index contributed by atoms with van der Waals surface area (Å²) in [4.78, 5) is 3.77. The second kappa shape index (κ2) is 3.11. The lowest BCUT2D eigenvalue weighted by molar-refractivity contribution is 0.618. The third kappa shape index (κ3) is 1.74. The van der Waals surface area contributed by atoms with Gasteiger partial charge in [0, 0.05) is 5.69 Å². The Balaban J connectivity index is 3.05. The molecule has 3 heteroatoms. The molecule has 0 aliphatic carbocycles. The molecule has 0 saturated heterocycles. The molecule has 0 N–H and O–H groups in total. The van der Waals surface area contributed by atoms with Gasteiger partial charge in [0.05, 0.1) is 18.7 Å². The summed E-state index contributed by atoms with van der Waals surface area (Å²) in [6.07, 6.45) is 1.37. The van der Waals surface area contributed by atoms with Gasteiger partial charge in [-0.2, -0.15) is 5.26 Å². The molecule has 0 spiro atoms. The molecule has 2 nitrogen and oxygen atoms in total. The number of nitrogens with zero attached hydrogens (tertiary/aromatic N) is 2. The van der Waals surface area contributed by atoms with E-state index >= 15 is 0 Å². The lowest BCUT2D eigenvalue weighted by Crippen LogP contribution is -1.92. The molecule has 0 saturated carbocycles. The molecule has 56 valence electrons. The van der Waals surface area contributed by atoms with Crippen molar-refractivity contribution in [3.8, 4) is 6.07 Å². The molecular formula is C8H7FN2. The first-order chi connectivity index (χ1) is 5.24. The standard InChI is InChI=1S/C8H7FN2/c1-6-7(2-3-10)4-8(9)5-11-6/h4-5H,2H2,1H3. The number of nitriles is 1. The summed E-state index contributed by atoms with van der Waals surface area (Å²) in [6, 6.07) is 3.28. The molecule has 0 aliphatic heterocycles. The van der Waals surface area contributed by atoms with E-state index in [1.54, 1.807) is 6.92 Å². The number of hydrogen-bond donors (Lipinski definition) is 0. The average molecular weight is 150 g/mol. The topological polar surface area (TPSA) is 36.7 Å². The summed E-state index contributed by atoms with van der Waals surface area (Å²) in [6.45, 7) is 1.76. The molecule has 0 fully saturated rings. The van der Waals surface area contributed by atoms with Crippen LogP contribution in [0.3, 0.4) is 0 Å². The fourth-order valence-corrected chi connectivity index (χ4v) is 0.814. The van der Waals surface area contributed by atoms with Gasteiger partial charge in [-0.1, -0.05) is 0 Å². The molecule has 0 unspecified atom stereocenters. The lowest BCUT2D eigenvalue weighted by atomic mass is 10.1. The third-order valence-electron chi connectivity index (χ3n) is 1.43. The Morgan fingerprint density at radius 3 is 3.09 bits per heavy atom. The Morgan fingerprint density at radius 2 is 2.45 bits per heavy atom. The van der Waals surface area contributed by atoms with Crippen LogP contribution in [-0.2, 0) is 6.42 Å². The smallest absolute Gasteiger partial charge is 0.141 e. The predicted octanol–water partition coefficient (Wildman–Crippen LogP) is 1.60. The van der Waals surface area contributed by atoms with Gasteiger partial charge in [0.1, 0.15) is 5.82 Å². The largest absolute Gasteiger partial charge is 0.258 e. The zero-order chi connectivity index (χ0) is 8.27. The molecule has 1 rings (SSSR count). The Kier molecular flexibility index (Phi) is 2.17. The van der Waals surface area contributed by atoms with E-state index in [0.29, 0.717) is 11.3 Å². The van der Waals surface area contributed by atoms with E-state index in [9.17, 15) is 4.39 Å². The van der Waals surface area contributed by atoms with E-state index in [1.807, 2.05) is 6.07 Å². The highest BCUT2D eigenvalue weighted by Crippen LogP contribution is 2.06. The lowest BCUT2D eigenvalue weighted by Gasteiger charge is -1.98. The minimum atomic E-state index is -0.388. The van der Waals surface area contributed by atoms with Gasteiger partial charge in [-0.05, 0) is 18.6 Å². The number of aromatic nitrogens is 1. The zero-order valence-corrected chi connectivity index (χ0v) is 6.13. The van der Waals surface area contributed by atoms with Crippen LogP contribution in [0.4, 0.5) is 4.39 Å². The SMILES string of the molecule is Cc1ncc(F)cc1CC#N. The second-order valence-corrected chi connectivity index (χ2v) is 2.23. The van der Waals surface area contributed by atoms with Crippen molar-refractivity contribution < 1.29 is 4.39 Å². The number of aryl methyl sites for hydroxylation is 1. The van der Waals surface area contributed by atoms with E-state index in [-0.39, 0.29) is 12.2 Å². The normalized spacial score (nSPS) is 9.18. The second-order valence-electron chi connectivity index (χ2n) is 2.23. The first kappa shape index (κ1) is 7.67. The number of rotatable bonds is 1. The van der Waals surface area contributed by atoms with Crippen LogP contribution in [-0.4, -0.2) is 4.98 Å². The van der Waals surface area contributed by atoms with Crippen molar-refractivity contribution in [2.75, 3.05) is 0 Å². The van der Waals surface area contributed by atoms with E-state index in [2.05, 4.69) is 4.98 Å². The molecule has 0 radical (unpaired) electrons. The number of pyridine rings is 1. The maximum absolute atomic E-state index is 12.5. The van der Waals surface area contributed by atoms with Gasteiger partial charge in [-0.3, -0.25) is 4.98 Å². The molecular weight excluding hydrogens is 143 g/mol. The Bertz CT molecular complexity index is 301. The summed E-state index contributed by atoms with van der Waals surface area (Å²) in [5, 5.41) is 8.33. The molecule has 1 heterocycles. The van der Waals surface area contributed by atoms with Gasteiger partial charge in [-0.25, -0.2) is 4.39 Å². The van der Waals surface area contributed by atoms with E-state index in [4.69, 9.17) is 5.26 Å². The van der Waals surface area contributed by atoms with Crippen molar-refractivity contribution in [3.63, 3.8) is 0 Å². The van der Waals surface area contributed by atoms with Gasteiger partial charge in [0.2, 0.25) is 0 Å². The fraction of sp³-hybridized carbons (Fsp3) is 0.250. The van der Waals surface area contributed by atoms with E-state index in [0.717, 1.165) is 6.20 Å². The van der Waals surface area contributed by atoms with Gasteiger partial charge in [0.25, 0.3) is 0 Å². The molecule has 0 amide bonds. The first-order valence-electron chi connectivity index (χ1n) is 3.22. The molecule has 1 aromatic rings. The van der Waals surface area contributed by atoms with Crippen molar-refractivity contribution in [2.24, 2.45) is 0 Å². The fourth-order valence-electron chi connectivity index (χ4n) is 0.814. The Labute approximate surface area is 64.3 Å². The van der Waals surface area contributed by atoms with E-state index in [1.165, 1.54) is 6.07 Å². The maximum atomic E-state index is 12.5. The van der Waals surface area contributed by atoms with Crippen molar-refractivity contribution in [1.82, 2.24) is 4.98 Å². The molecule has 1 aromatic heterocycles. The van der Waals surface area contributed by atoms with Gasteiger partial charge in [0.15, 0.2) is 0 Å². The number of hydrogen-bond acceptors (Lipinski definition) is 2. The van der Waals surface area contributed by atoms with Gasteiger partial charge in [-0.15, -0.1) is 0 Å². The van der Waals surface area contributed by atoms with Gasteiger partial charge < -0.3 is 0 Å². The van der Waals surface area contributed by atoms with Crippen molar-refractivity contribution in [2.45, 2.75) is 13.3 Å². The van der Waals surface area contributed by atoms with E-state index < -0.39 is 0 Å². The zero-order valence-electron chi connectivity index (χ0n) is 6.13. The van der Waals surface area contributed by atoms with Crippen molar-refractivity contribution >= 4 is 0 Å². The van der Waals surface area contributed by atoms with Crippen LogP contribution in [0.2, 0.25) is 0 Å². The van der Waals surface area contributed by atoms with Crippen LogP contribution >= 0.6 is 0 Å². The van der Waals surface area contributed by atoms with Crippen molar-refractivity contribution in [3.05, 3.63) is 29.3 Å². The molecule has 0 bridgehead atoms. The van der Waals surface area contributed by atoms with Crippen LogP contribution in [0, 0.1) is 24.1 Å². The highest BCUT2D eigenvalue weighted by Gasteiger charge is 1.99. The first-order valence-corrected chi connectivity index (χ1v) is 3.22. The minimum absolute atomic E-state index is 0.219. The van der Waals surface area contributed by atoms with Crippen LogP contribution in [0.25, 0.3) is 0 Å². The molecule has 11 heavy (non-hydrogen) atoms. The van der Waals surface area contributed by atoms with Crippen LogP contribution < -0.4 is 0 Å². The monoisotopic (exact) mass is 150 g/mol. The van der Waals surface area contributed by atoms with Crippen molar-refractivity contribution in [1.29, 1.82) is 5.26 Å². The quantitative estimate of drug-likeness (QED) is 0.609. The summed E-state index contributed by atoms with van der Waals surface area (Å²) < 4.78 is 12.5. The van der Waals surface area contributed by atoms with Crippen LogP contribution in [0.5, 0.6) is 0 Å². The summed E-state index contributed by atoms with van der Waals surface area (Å²) >= 11 is 0. The Morgan fingerprint density at radius 1 is 1.73 bits per heavy atom. The minimum Gasteiger partial charge on any atom is -0.258 e. The summed E-state index contributed by atoms with van der Waals surface area (Å²) in [5.74, 6) is -0.388. The van der Waals surface area contributed by atoms with Crippen LogP contribution in [0.15, 0.2) is 12.3 Å². The highest BCUT2D eigenvalue weighted by atomic mass is 19.1. The summed E-state index contributed by atoms with van der Waals surface area (Å²) in [5.41, 5.74) is 1.38. The maximum Gasteiger partial charge on any atom is 0.141 e. The molecule has 0 atom stereocenters. The average Bonchev–Trinajstić information content (AvgIpc) is 1.98. The molecule has 0 aromatic carbocycles. The van der Waals surface area contributed by atoms with Crippen LogP contribution in [0.1, 0.15) is 11.3 Å². The third-order valence-corrected chi connectivity index (χ3v) is 1.43. The van der Waals surface area contributed by atoms with Gasteiger partial charge >= 0.3 is 0 Å². The Hall–Kier alpha value is -1.43.